The first-order valence-corrected chi connectivity index (χ1v) is 8.71. The number of rotatable bonds is 7. The van der Waals surface area contributed by atoms with Gasteiger partial charge in [-0.05, 0) is 50.5 Å². The molecule has 1 aliphatic heterocycles. The molecule has 1 saturated heterocycles. The SMILES string of the molecule is CC1CCCCC1OCCN1CCCC(CCC(=O)O)C1. The first kappa shape index (κ1) is 16.8. The number of ether oxygens (including phenoxy) is 1. The average Bonchev–Trinajstić information content (AvgIpc) is 2.48. The molecule has 4 heteroatoms. The van der Waals surface area contributed by atoms with Gasteiger partial charge < -0.3 is 14.7 Å². The Labute approximate surface area is 128 Å². The Hall–Kier alpha value is -0.610. The second kappa shape index (κ2) is 8.74. The summed E-state index contributed by atoms with van der Waals surface area (Å²) in [5.41, 5.74) is 0. The third-order valence-corrected chi connectivity index (χ3v) is 5.14. The summed E-state index contributed by atoms with van der Waals surface area (Å²) in [6.07, 6.45) is 9.20. The zero-order chi connectivity index (χ0) is 15.1. The molecule has 0 amide bonds. The second-order valence-electron chi connectivity index (χ2n) is 6.91. The molecule has 0 aromatic heterocycles. The van der Waals surface area contributed by atoms with Gasteiger partial charge in [0.25, 0.3) is 0 Å². The molecule has 1 heterocycles. The van der Waals surface area contributed by atoms with E-state index in [1.165, 1.54) is 38.5 Å². The van der Waals surface area contributed by atoms with E-state index in [9.17, 15) is 4.79 Å². The minimum Gasteiger partial charge on any atom is -0.481 e. The van der Waals surface area contributed by atoms with Crippen molar-refractivity contribution < 1.29 is 14.6 Å². The van der Waals surface area contributed by atoms with Crippen molar-refractivity contribution in [2.24, 2.45) is 11.8 Å². The summed E-state index contributed by atoms with van der Waals surface area (Å²) < 4.78 is 6.10. The van der Waals surface area contributed by atoms with Gasteiger partial charge in [0.15, 0.2) is 0 Å². The van der Waals surface area contributed by atoms with Crippen LogP contribution in [0.1, 0.15) is 58.3 Å². The van der Waals surface area contributed by atoms with Crippen LogP contribution in [0.15, 0.2) is 0 Å². The van der Waals surface area contributed by atoms with Gasteiger partial charge in [0.2, 0.25) is 0 Å². The predicted octanol–water partition coefficient (Wildman–Crippen LogP) is 3.16. The lowest BCUT2D eigenvalue weighted by molar-refractivity contribution is -0.137. The topological polar surface area (TPSA) is 49.8 Å². The number of carbonyl (C=O) groups is 1. The van der Waals surface area contributed by atoms with Crippen molar-refractivity contribution in [2.75, 3.05) is 26.2 Å². The van der Waals surface area contributed by atoms with Gasteiger partial charge in [-0.2, -0.15) is 0 Å². The number of piperidine rings is 1. The smallest absolute Gasteiger partial charge is 0.303 e. The van der Waals surface area contributed by atoms with Gasteiger partial charge in [-0.25, -0.2) is 0 Å². The van der Waals surface area contributed by atoms with Crippen LogP contribution in [0.4, 0.5) is 0 Å². The zero-order valence-electron chi connectivity index (χ0n) is 13.4. The summed E-state index contributed by atoms with van der Waals surface area (Å²) >= 11 is 0. The Kier molecular flexibility index (Phi) is 6.97. The van der Waals surface area contributed by atoms with Crippen LogP contribution in [0.5, 0.6) is 0 Å². The van der Waals surface area contributed by atoms with Crippen LogP contribution in [-0.4, -0.2) is 48.3 Å². The molecule has 3 atom stereocenters. The van der Waals surface area contributed by atoms with E-state index in [1.54, 1.807) is 0 Å². The number of carboxylic acid groups (broad SMARTS) is 1. The summed E-state index contributed by atoms with van der Waals surface area (Å²) in [4.78, 5) is 13.1. The highest BCUT2D eigenvalue weighted by atomic mass is 16.5. The van der Waals surface area contributed by atoms with E-state index in [0.29, 0.717) is 24.4 Å². The zero-order valence-corrected chi connectivity index (χ0v) is 13.4. The van der Waals surface area contributed by atoms with Crippen molar-refractivity contribution in [1.82, 2.24) is 4.90 Å². The normalized spacial score (nSPS) is 31.2. The maximum Gasteiger partial charge on any atom is 0.303 e. The Balaban J connectivity index is 1.62. The number of hydrogen-bond donors (Lipinski definition) is 1. The first-order chi connectivity index (χ1) is 10.1. The van der Waals surface area contributed by atoms with Crippen LogP contribution in [0.3, 0.4) is 0 Å². The molecule has 0 radical (unpaired) electrons. The predicted molar refractivity (Wildman–Crippen MR) is 83.4 cm³/mol. The van der Waals surface area contributed by atoms with Gasteiger partial charge in [-0.3, -0.25) is 4.79 Å². The van der Waals surface area contributed by atoms with Gasteiger partial charge in [-0.15, -0.1) is 0 Å². The van der Waals surface area contributed by atoms with Crippen molar-refractivity contribution in [3.05, 3.63) is 0 Å². The standard InChI is InChI=1S/C17H31NO3/c1-14-5-2-3-7-16(14)21-12-11-18-10-4-6-15(13-18)8-9-17(19)20/h14-16H,2-13H2,1H3,(H,19,20). The fraction of sp³-hybridized carbons (Fsp3) is 0.941. The fourth-order valence-electron chi connectivity index (χ4n) is 3.78. The summed E-state index contributed by atoms with van der Waals surface area (Å²) in [6.45, 7) is 6.35. The maximum atomic E-state index is 10.7. The number of aliphatic carboxylic acids is 1. The lowest BCUT2D eigenvalue weighted by Gasteiger charge is -2.34. The van der Waals surface area contributed by atoms with Gasteiger partial charge in [0, 0.05) is 19.5 Å². The van der Waals surface area contributed by atoms with Crippen molar-refractivity contribution in [1.29, 1.82) is 0 Å². The maximum absolute atomic E-state index is 10.7. The lowest BCUT2D eigenvalue weighted by atomic mass is 9.88. The molecule has 0 aromatic rings. The molecule has 122 valence electrons. The molecule has 1 N–H and O–H groups in total. The third-order valence-electron chi connectivity index (χ3n) is 5.14. The molecule has 2 aliphatic rings. The second-order valence-corrected chi connectivity index (χ2v) is 6.91. The van der Waals surface area contributed by atoms with E-state index in [1.807, 2.05) is 0 Å². The Morgan fingerprint density at radius 2 is 2.05 bits per heavy atom. The van der Waals surface area contributed by atoms with E-state index in [0.717, 1.165) is 32.7 Å². The van der Waals surface area contributed by atoms with Crippen LogP contribution >= 0.6 is 0 Å². The molecule has 1 saturated carbocycles. The molecular formula is C17H31NO3. The monoisotopic (exact) mass is 297 g/mol. The molecular weight excluding hydrogens is 266 g/mol. The highest BCUT2D eigenvalue weighted by Gasteiger charge is 2.23. The van der Waals surface area contributed by atoms with E-state index in [-0.39, 0.29) is 0 Å². The van der Waals surface area contributed by atoms with Gasteiger partial charge in [0.05, 0.1) is 12.7 Å². The van der Waals surface area contributed by atoms with Gasteiger partial charge in [0.1, 0.15) is 0 Å². The summed E-state index contributed by atoms with van der Waals surface area (Å²) in [6, 6.07) is 0. The summed E-state index contributed by atoms with van der Waals surface area (Å²) in [5, 5.41) is 8.79. The molecule has 0 spiro atoms. The number of hydrogen-bond acceptors (Lipinski definition) is 3. The summed E-state index contributed by atoms with van der Waals surface area (Å²) in [7, 11) is 0. The fourth-order valence-corrected chi connectivity index (χ4v) is 3.78. The molecule has 21 heavy (non-hydrogen) atoms. The Morgan fingerprint density at radius 1 is 1.24 bits per heavy atom. The minimum atomic E-state index is -0.665. The van der Waals surface area contributed by atoms with Gasteiger partial charge >= 0.3 is 5.97 Å². The highest BCUT2D eigenvalue weighted by Crippen LogP contribution is 2.26. The first-order valence-electron chi connectivity index (χ1n) is 8.71. The van der Waals surface area contributed by atoms with Crippen LogP contribution in [0.2, 0.25) is 0 Å². The number of likely N-dealkylation sites (tertiary alicyclic amines) is 1. The lowest BCUT2D eigenvalue weighted by Crippen LogP contribution is -2.38. The van der Waals surface area contributed by atoms with Gasteiger partial charge in [-0.1, -0.05) is 19.8 Å². The number of carboxylic acids is 1. The van der Waals surface area contributed by atoms with Crippen molar-refractivity contribution >= 4 is 5.97 Å². The van der Waals surface area contributed by atoms with Crippen LogP contribution < -0.4 is 0 Å². The Bertz CT molecular complexity index is 321. The van der Waals surface area contributed by atoms with E-state index in [4.69, 9.17) is 9.84 Å². The molecule has 0 bridgehead atoms. The van der Waals surface area contributed by atoms with Crippen molar-refractivity contribution in [2.45, 2.75) is 64.4 Å². The molecule has 4 nitrogen and oxygen atoms in total. The molecule has 3 unspecified atom stereocenters. The molecule has 0 aromatic carbocycles. The average molecular weight is 297 g/mol. The van der Waals surface area contributed by atoms with Crippen molar-refractivity contribution in [3.63, 3.8) is 0 Å². The molecule has 1 aliphatic carbocycles. The van der Waals surface area contributed by atoms with E-state index in [2.05, 4.69) is 11.8 Å². The minimum absolute atomic E-state index is 0.314. The molecule has 2 fully saturated rings. The third kappa shape index (κ3) is 5.95. The largest absolute Gasteiger partial charge is 0.481 e. The van der Waals surface area contributed by atoms with Crippen LogP contribution in [0.25, 0.3) is 0 Å². The van der Waals surface area contributed by atoms with E-state index >= 15 is 0 Å². The number of nitrogens with zero attached hydrogens (tertiary/aromatic N) is 1. The molecule has 2 rings (SSSR count). The van der Waals surface area contributed by atoms with E-state index < -0.39 is 5.97 Å². The van der Waals surface area contributed by atoms with Crippen LogP contribution in [-0.2, 0) is 9.53 Å². The highest BCUT2D eigenvalue weighted by molar-refractivity contribution is 5.66. The Morgan fingerprint density at radius 3 is 2.81 bits per heavy atom. The summed E-state index contributed by atoms with van der Waals surface area (Å²) in [5.74, 6) is 0.605. The van der Waals surface area contributed by atoms with Crippen molar-refractivity contribution in [3.8, 4) is 0 Å². The quantitative estimate of drug-likeness (QED) is 0.784. The van der Waals surface area contributed by atoms with Crippen LogP contribution in [0, 0.1) is 11.8 Å².